The van der Waals surface area contributed by atoms with Gasteiger partial charge in [-0.25, -0.2) is 9.97 Å². The average molecular weight is 388 g/mol. The van der Waals surface area contributed by atoms with Gasteiger partial charge in [0.1, 0.15) is 10.5 Å². The number of rotatable bonds is 7. The molecule has 142 valence electrons. The minimum atomic E-state index is -0.393. The molecule has 0 aliphatic carbocycles. The molecule has 0 radical (unpaired) electrons. The molecule has 0 saturated heterocycles. The Morgan fingerprint density at radius 2 is 2.26 bits per heavy atom. The Kier molecular flexibility index (Phi) is 5.65. The molecule has 1 aromatic carbocycles. The van der Waals surface area contributed by atoms with Crippen molar-refractivity contribution < 1.29 is 14.6 Å². The number of carbonyl (C=O) groups excluding carboxylic acids is 1. The first kappa shape index (κ1) is 18.8. The number of hydrogen-bond donors (Lipinski definition) is 4. The second-order valence-electron chi connectivity index (χ2n) is 5.76. The topological polar surface area (TPSA) is 139 Å². The average Bonchev–Trinajstić information content (AvgIpc) is 3.11. The number of nitrogens with one attached hydrogen (secondary N) is 2. The number of phenols is 1. The van der Waals surface area contributed by atoms with E-state index in [1.165, 1.54) is 31.3 Å². The molecule has 10 heteroatoms. The summed E-state index contributed by atoms with van der Waals surface area (Å²) in [4.78, 5) is 28.2. The normalized spacial score (nSPS) is 12.1. The maximum Gasteiger partial charge on any atom is 0.237 e. The van der Waals surface area contributed by atoms with Gasteiger partial charge in [0.15, 0.2) is 17.1 Å². The highest BCUT2D eigenvalue weighted by molar-refractivity contribution is 8.00. The number of H-pyrrole nitrogens is 1. The number of nitrogens with zero attached hydrogens (tertiary/aromatic N) is 3. The van der Waals surface area contributed by atoms with E-state index in [4.69, 9.17) is 10.5 Å². The molecule has 1 amide bonds. The van der Waals surface area contributed by atoms with Gasteiger partial charge >= 0.3 is 0 Å². The van der Waals surface area contributed by atoms with E-state index in [0.29, 0.717) is 28.3 Å². The monoisotopic (exact) mass is 388 g/mol. The molecular weight excluding hydrogens is 368 g/mol. The third kappa shape index (κ3) is 4.22. The third-order valence-electron chi connectivity index (χ3n) is 3.81. The SMILES string of the molecule is CCCC(Sc1nc(N)nc2nc[nH]c12)C(=O)Nc1ccc(O)c(OC)c1. The van der Waals surface area contributed by atoms with E-state index in [-0.39, 0.29) is 23.4 Å². The number of imidazole rings is 1. The lowest BCUT2D eigenvalue weighted by molar-refractivity contribution is -0.115. The van der Waals surface area contributed by atoms with Crippen molar-refractivity contribution in [2.45, 2.75) is 30.0 Å². The molecule has 3 rings (SSSR count). The lowest BCUT2D eigenvalue weighted by Crippen LogP contribution is -2.25. The molecule has 0 bridgehead atoms. The molecule has 3 aromatic rings. The highest BCUT2D eigenvalue weighted by Crippen LogP contribution is 2.32. The van der Waals surface area contributed by atoms with Gasteiger partial charge < -0.3 is 25.9 Å². The molecule has 27 heavy (non-hydrogen) atoms. The van der Waals surface area contributed by atoms with Crippen molar-refractivity contribution in [3.8, 4) is 11.5 Å². The Morgan fingerprint density at radius 1 is 1.44 bits per heavy atom. The molecule has 1 atom stereocenters. The van der Waals surface area contributed by atoms with Crippen molar-refractivity contribution in [2.75, 3.05) is 18.2 Å². The Hall–Kier alpha value is -3.01. The number of hydrogen-bond acceptors (Lipinski definition) is 8. The number of ether oxygens (including phenoxy) is 1. The van der Waals surface area contributed by atoms with E-state index in [2.05, 4.69) is 25.3 Å². The maximum atomic E-state index is 12.8. The van der Waals surface area contributed by atoms with Crippen LogP contribution < -0.4 is 15.8 Å². The number of benzene rings is 1. The molecule has 1 unspecified atom stereocenters. The Morgan fingerprint density at radius 3 is 3.00 bits per heavy atom. The summed E-state index contributed by atoms with van der Waals surface area (Å²) in [5, 5.41) is 12.7. The number of nitrogen functional groups attached to an aromatic ring is 1. The van der Waals surface area contributed by atoms with E-state index in [1.807, 2.05) is 6.92 Å². The molecule has 0 saturated carbocycles. The van der Waals surface area contributed by atoms with Crippen LogP contribution in [0.3, 0.4) is 0 Å². The van der Waals surface area contributed by atoms with Crippen LogP contribution in [0.5, 0.6) is 11.5 Å². The fourth-order valence-electron chi connectivity index (χ4n) is 2.53. The first-order valence-electron chi connectivity index (χ1n) is 8.33. The Bertz CT molecular complexity index is 961. The fraction of sp³-hybridized carbons (Fsp3) is 0.294. The second-order valence-corrected chi connectivity index (χ2v) is 6.95. The van der Waals surface area contributed by atoms with Crippen LogP contribution in [0.2, 0.25) is 0 Å². The number of aromatic amines is 1. The van der Waals surface area contributed by atoms with Gasteiger partial charge in [-0.2, -0.15) is 4.98 Å². The van der Waals surface area contributed by atoms with Crippen molar-refractivity contribution in [3.63, 3.8) is 0 Å². The van der Waals surface area contributed by atoms with Crippen LogP contribution in [0.1, 0.15) is 19.8 Å². The minimum absolute atomic E-state index is 0.00748. The third-order valence-corrected chi connectivity index (χ3v) is 5.07. The molecule has 0 fully saturated rings. The van der Waals surface area contributed by atoms with Crippen LogP contribution in [-0.2, 0) is 4.79 Å². The van der Waals surface area contributed by atoms with E-state index in [9.17, 15) is 9.90 Å². The zero-order chi connectivity index (χ0) is 19.4. The van der Waals surface area contributed by atoms with Gasteiger partial charge in [-0.3, -0.25) is 4.79 Å². The van der Waals surface area contributed by atoms with Crippen molar-refractivity contribution in [3.05, 3.63) is 24.5 Å². The number of carbonyl (C=O) groups is 1. The highest BCUT2D eigenvalue weighted by atomic mass is 32.2. The zero-order valence-corrected chi connectivity index (χ0v) is 15.7. The molecule has 2 aromatic heterocycles. The summed E-state index contributed by atoms with van der Waals surface area (Å²) < 4.78 is 5.07. The Labute approximate surface area is 159 Å². The maximum absolute atomic E-state index is 12.8. The summed E-state index contributed by atoms with van der Waals surface area (Å²) in [6, 6.07) is 4.64. The van der Waals surface area contributed by atoms with Gasteiger partial charge in [0.25, 0.3) is 0 Å². The number of phenolic OH excluding ortho intramolecular Hbond substituents is 1. The van der Waals surface area contributed by atoms with E-state index in [0.717, 1.165) is 6.42 Å². The van der Waals surface area contributed by atoms with Gasteiger partial charge in [-0.15, -0.1) is 0 Å². The fourth-order valence-corrected chi connectivity index (χ4v) is 3.73. The molecule has 2 heterocycles. The molecule has 0 aliphatic heterocycles. The lowest BCUT2D eigenvalue weighted by atomic mass is 10.2. The summed E-state index contributed by atoms with van der Waals surface area (Å²) in [7, 11) is 1.45. The summed E-state index contributed by atoms with van der Waals surface area (Å²) in [6.45, 7) is 2.00. The van der Waals surface area contributed by atoms with Crippen molar-refractivity contribution in [2.24, 2.45) is 0 Å². The number of amides is 1. The van der Waals surface area contributed by atoms with Gasteiger partial charge in [0.2, 0.25) is 11.9 Å². The number of nitrogens with two attached hydrogens (primary N) is 1. The van der Waals surface area contributed by atoms with Crippen LogP contribution in [-0.4, -0.2) is 43.3 Å². The molecule has 9 nitrogen and oxygen atoms in total. The van der Waals surface area contributed by atoms with Gasteiger partial charge in [-0.1, -0.05) is 25.1 Å². The summed E-state index contributed by atoms with van der Waals surface area (Å²) in [5.74, 6) is 0.221. The summed E-state index contributed by atoms with van der Waals surface area (Å²) in [6.07, 6.45) is 2.97. The standard InChI is InChI=1S/C17H20N6O3S/c1-3-4-12(15(25)21-9-5-6-10(24)11(7-9)26-2)27-16-13-14(20-8-19-13)22-17(18)23-16/h5-8,12,24H,3-4H2,1-2H3,(H,21,25)(H3,18,19,20,22,23). The van der Waals surface area contributed by atoms with Gasteiger partial charge in [0, 0.05) is 11.8 Å². The predicted molar refractivity (Wildman–Crippen MR) is 104 cm³/mol. The smallest absolute Gasteiger partial charge is 0.237 e. The van der Waals surface area contributed by atoms with Crippen molar-refractivity contribution in [1.29, 1.82) is 0 Å². The van der Waals surface area contributed by atoms with Crippen LogP contribution in [0.25, 0.3) is 11.2 Å². The quantitative estimate of drug-likeness (QED) is 0.275. The predicted octanol–water partition coefficient (Wildman–Crippen LogP) is 2.55. The Balaban J connectivity index is 1.82. The highest BCUT2D eigenvalue weighted by Gasteiger charge is 2.22. The van der Waals surface area contributed by atoms with E-state index >= 15 is 0 Å². The molecule has 5 N–H and O–H groups in total. The summed E-state index contributed by atoms with van der Waals surface area (Å²) >= 11 is 1.31. The van der Waals surface area contributed by atoms with Crippen molar-refractivity contribution in [1.82, 2.24) is 19.9 Å². The van der Waals surface area contributed by atoms with Gasteiger partial charge in [-0.05, 0) is 18.6 Å². The van der Waals surface area contributed by atoms with E-state index < -0.39 is 5.25 Å². The number of aromatic hydroxyl groups is 1. The number of anilines is 2. The van der Waals surface area contributed by atoms with Crippen LogP contribution in [0.15, 0.2) is 29.6 Å². The number of methoxy groups -OCH3 is 1. The van der Waals surface area contributed by atoms with Gasteiger partial charge in [0.05, 0.1) is 18.7 Å². The molecular formula is C17H20N6O3S. The first-order chi connectivity index (χ1) is 13.0. The van der Waals surface area contributed by atoms with Crippen LogP contribution >= 0.6 is 11.8 Å². The lowest BCUT2D eigenvalue weighted by Gasteiger charge is -2.16. The van der Waals surface area contributed by atoms with Crippen LogP contribution in [0.4, 0.5) is 11.6 Å². The largest absolute Gasteiger partial charge is 0.504 e. The number of aromatic nitrogens is 4. The van der Waals surface area contributed by atoms with Crippen molar-refractivity contribution >= 4 is 40.5 Å². The zero-order valence-electron chi connectivity index (χ0n) is 14.9. The number of fused-ring (bicyclic) bond motifs is 1. The molecule has 0 aliphatic rings. The van der Waals surface area contributed by atoms with Crippen LogP contribution in [0, 0.1) is 0 Å². The minimum Gasteiger partial charge on any atom is -0.504 e. The summed E-state index contributed by atoms with van der Waals surface area (Å²) in [5.41, 5.74) is 7.39. The molecule has 0 spiro atoms. The first-order valence-corrected chi connectivity index (χ1v) is 9.21. The van der Waals surface area contributed by atoms with E-state index in [1.54, 1.807) is 12.1 Å². The number of thioether (sulfide) groups is 1. The second kappa shape index (κ2) is 8.12.